The highest BCUT2D eigenvalue weighted by Gasteiger charge is 2.52. The Morgan fingerprint density at radius 2 is 1.44 bits per heavy atom. The topological polar surface area (TPSA) is 66.5 Å². The van der Waals surface area contributed by atoms with Gasteiger partial charge in [0.05, 0.1) is 4.90 Å². The molecule has 0 unspecified atom stereocenters. The number of carbonyl (C=O) groups is 1. The third kappa shape index (κ3) is 4.13. The summed E-state index contributed by atoms with van der Waals surface area (Å²) in [6.07, 6.45) is 8.77. The van der Waals surface area contributed by atoms with Crippen LogP contribution in [-0.4, -0.2) is 37.3 Å². The fourth-order valence-corrected chi connectivity index (χ4v) is 8.73. The minimum Gasteiger partial charge on any atom is -0.350 e. The van der Waals surface area contributed by atoms with Gasteiger partial charge in [-0.25, -0.2) is 8.42 Å². The molecule has 0 spiro atoms. The van der Waals surface area contributed by atoms with Gasteiger partial charge in [0.1, 0.15) is 0 Å². The fourth-order valence-electron chi connectivity index (χ4n) is 7.26. The lowest BCUT2D eigenvalue weighted by Gasteiger charge is -2.57. The molecule has 6 heteroatoms. The number of nitrogens with zero attached hydrogens (tertiary/aromatic N) is 1. The summed E-state index contributed by atoms with van der Waals surface area (Å²) in [7, 11) is -3.52. The maximum atomic E-state index is 13.2. The molecule has 1 saturated heterocycles. The molecule has 0 aromatic heterocycles. The first-order valence-corrected chi connectivity index (χ1v) is 13.9. The maximum Gasteiger partial charge on any atom is 0.243 e. The van der Waals surface area contributed by atoms with Crippen LogP contribution in [0.4, 0.5) is 0 Å². The molecule has 4 saturated carbocycles. The van der Waals surface area contributed by atoms with Gasteiger partial charge in [0.25, 0.3) is 0 Å². The van der Waals surface area contributed by atoms with Crippen molar-refractivity contribution >= 4 is 15.9 Å². The van der Waals surface area contributed by atoms with Crippen molar-refractivity contribution in [1.82, 2.24) is 9.62 Å². The molecular weight excluding hydrogens is 420 g/mol. The molecule has 32 heavy (non-hydrogen) atoms. The van der Waals surface area contributed by atoms with E-state index in [-0.39, 0.29) is 22.8 Å². The van der Waals surface area contributed by atoms with Crippen molar-refractivity contribution in [3.63, 3.8) is 0 Å². The predicted molar refractivity (Wildman–Crippen MR) is 126 cm³/mol. The van der Waals surface area contributed by atoms with Crippen LogP contribution in [0.5, 0.6) is 0 Å². The maximum absolute atomic E-state index is 13.2. The van der Waals surface area contributed by atoms with Crippen LogP contribution in [-0.2, 0) is 20.2 Å². The second-order valence-corrected chi connectivity index (χ2v) is 14.1. The lowest BCUT2D eigenvalue weighted by molar-refractivity contribution is -0.132. The van der Waals surface area contributed by atoms with E-state index < -0.39 is 10.0 Å². The fraction of sp³-hybridized carbons (Fsp3) is 0.731. The average Bonchev–Trinajstić information content (AvgIpc) is 2.72. The quantitative estimate of drug-likeness (QED) is 0.724. The molecule has 0 radical (unpaired) electrons. The van der Waals surface area contributed by atoms with E-state index in [9.17, 15) is 13.2 Å². The van der Waals surface area contributed by atoms with E-state index in [1.165, 1.54) is 19.3 Å². The predicted octanol–water partition coefficient (Wildman–Crippen LogP) is 4.47. The first-order chi connectivity index (χ1) is 15.0. The van der Waals surface area contributed by atoms with Gasteiger partial charge in [0.2, 0.25) is 15.9 Å². The third-order valence-corrected chi connectivity index (χ3v) is 10.5. The summed E-state index contributed by atoms with van der Waals surface area (Å²) in [4.78, 5) is 13.5. The zero-order valence-corrected chi connectivity index (χ0v) is 20.6. The van der Waals surface area contributed by atoms with Crippen molar-refractivity contribution in [1.29, 1.82) is 0 Å². The van der Waals surface area contributed by atoms with Gasteiger partial charge in [0, 0.05) is 24.5 Å². The summed E-state index contributed by atoms with van der Waals surface area (Å²) in [5.41, 5.74) is 1.14. The molecule has 6 rings (SSSR count). The van der Waals surface area contributed by atoms with Gasteiger partial charge < -0.3 is 5.32 Å². The monoisotopic (exact) mass is 458 g/mol. The number of benzene rings is 1. The molecule has 1 amide bonds. The van der Waals surface area contributed by atoms with Crippen LogP contribution in [0.1, 0.15) is 77.7 Å². The van der Waals surface area contributed by atoms with E-state index in [0.717, 1.165) is 42.6 Å². The van der Waals surface area contributed by atoms with Crippen LogP contribution in [0.3, 0.4) is 0 Å². The van der Waals surface area contributed by atoms with Crippen molar-refractivity contribution in [2.24, 2.45) is 23.7 Å². The van der Waals surface area contributed by atoms with Gasteiger partial charge in [-0.15, -0.1) is 0 Å². The first kappa shape index (κ1) is 22.4. The van der Waals surface area contributed by atoms with Crippen LogP contribution in [0, 0.1) is 23.7 Å². The minimum absolute atomic E-state index is 0.00923. The van der Waals surface area contributed by atoms with Crippen molar-refractivity contribution in [3.05, 3.63) is 29.8 Å². The Labute approximate surface area is 193 Å². The molecule has 1 aromatic carbocycles. The zero-order valence-electron chi connectivity index (χ0n) is 19.8. The minimum atomic E-state index is -3.52. The van der Waals surface area contributed by atoms with Crippen LogP contribution in [0.2, 0.25) is 0 Å². The highest BCUT2D eigenvalue weighted by atomic mass is 32.2. The Balaban J connectivity index is 1.20. The van der Waals surface area contributed by atoms with Crippen LogP contribution in [0.25, 0.3) is 0 Å². The lowest BCUT2D eigenvalue weighted by Crippen LogP contribution is -2.61. The number of hydrogen-bond donors (Lipinski definition) is 1. The van der Waals surface area contributed by atoms with E-state index in [1.807, 2.05) is 12.1 Å². The summed E-state index contributed by atoms with van der Waals surface area (Å²) >= 11 is 0. The molecule has 1 aliphatic heterocycles. The van der Waals surface area contributed by atoms with E-state index in [2.05, 4.69) is 26.1 Å². The normalized spacial score (nSPS) is 33.4. The molecule has 1 aromatic rings. The molecule has 5 nitrogen and oxygen atoms in total. The number of hydrogen-bond acceptors (Lipinski definition) is 3. The van der Waals surface area contributed by atoms with E-state index in [0.29, 0.717) is 30.8 Å². The van der Waals surface area contributed by atoms with Crippen molar-refractivity contribution in [2.45, 2.75) is 88.0 Å². The van der Waals surface area contributed by atoms with Crippen LogP contribution < -0.4 is 5.32 Å². The molecule has 4 bridgehead atoms. The van der Waals surface area contributed by atoms with Gasteiger partial charge >= 0.3 is 0 Å². The van der Waals surface area contributed by atoms with E-state index >= 15 is 0 Å². The van der Waals surface area contributed by atoms with Gasteiger partial charge in [-0.1, -0.05) is 32.9 Å². The summed E-state index contributed by atoms with van der Waals surface area (Å²) < 4.78 is 27.9. The van der Waals surface area contributed by atoms with Crippen LogP contribution in [0.15, 0.2) is 29.2 Å². The Bertz CT molecular complexity index is 934. The highest BCUT2D eigenvalue weighted by Crippen LogP contribution is 2.55. The van der Waals surface area contributed by atoms with Gasteiger partial charge in [-0.05, 0) is 92.2 Å². The highest BCUT2D eigenvalue weighted by molar-refractivity contribution is 7.89. The van der Waals surface area contributed by atoms with Gasteiger partial charge in [-0.2, -0.15) is 4.31 Å². The molecule has 0 atom stereocenters. The largest absolute Gasteiger partial charge is 0.350 e. The second-order valence-electron chi connectivity index (χ2n) is 12.1. The number of piperidine rings is 1. The lowest BCUT2D eigenvalue weighted by atomic mass is 9.53. The van der Waals surface area contributed by atoms with E-state index in [4.69, 9.17) is 0 Å². The smallest absolute Gasteiger partial charge is 0.243 e. The molecule has 4 aliphatic carbocycles. The Morgan fingerprint density at radius 3 is 1.91 bits per heavy atom. The zero-order chi connectivity index (χ0) is 22.7. The third-order valence-electron chi connectivity index (χ3n) is 8.61. The number of carbonyl (C=O) groups excluding carboxylic acids is 1. The summed E-state index contributed by atoms with van der Waals surface area (Å²) in [6, 6.07) is 7.28. The molecule has 176 valence electrons. The number of rotatable bonds is 4. The van der Waals surface area contributed by atoms with Gasteiger partial charge in [-0.3, -0.25) is 4.79 Å². The standard InChI is InChI=1S/C26H38N2O3S/c1-25(2,3)22-4-6-23(7-5-22)32(30,31)28-10-8-21(9-11-28)24(29)27-26-15-18-12-19(16-26)14-20(13-18)17-26/h4-7,18-21H,8-17H2,1-3H3,(H,27,29). The van der Waals surface area contributed by atoms with Crippen LogP contribution >= 0.6 is 0 Å². The number of nitrogens with one attached hydrogen (secondary N) is 1. The van der Waals surface area contributed by atoms with Crippen molar-refractivity contribution in [3.8, 4) is 0 Å². The molecule has 5 fully saturated rings. The number of sulfonamides is 1. The Kier molecular flexibility index (Phi) is 5.48. The number of amides is 1. The first-order valence-electron chi connectivity index (χ1n) is 12.5. The summed E-state index contributed by atoms with van der Waals surface area (Å²) in [6.45, 7) is 7.20. The second kappa shape index (κ2) is 7.83. The van der Waals surface area contributed by atoms with E-state index in [1.54, 1.807) is 16.4 Å². The van der Waals surface area contributed by atoms with Gasteiger partial charge in [0.15, 0.2) is 0 Å². The molecule has 1 heterocycles. The van der Waals surface area contributed by atoms with Crippen molar-refractivity contribution < 1.29 is 13.2 Å². The van der Waals surface area contributed by atoms with Crippen molar-refractivity contribution in [2.75, 3.05) is 13.1 Å². The average molecular weight is 459 g/mol. The Hall–Kier alpha value is -1.40. The summed E-state index contributed by atoms with van der Waals surface area (Å²) in [5.74, 6) is 2.51. The molecule has 1 N–H and O–H groups in total. The molecular formula is C26H38N2O3S. The Morgan fingerprint density at radius 1 is 0.938 bits per heavy atom. The summed E-state index contributed by atoms with van der Waals surface area (Å²) in [5, 5.41) is 3.49. The molecule has 5 aliphatic rings. The SMILES string of the molecule is CC(C)(C)c1ccc(S(=O)(=O)N2CCC(C(=O)NC34CC5CC(CC(C5)C3)C4)CC2)cc1.